The number of rotatable bonds is 6. The van der Waals surface area contributed by atoms with Crippen LogP contribution in [0.2, 0.25) is 0 Å². The SMILES string of the molecule is COc1ccc2nccc(/C=C/[C@H]3CCN(C[C@@H]4CN(c5ccc6c(c5)NC(=O)CS6)C(=O)O4)C3)c2n1. The van der Waals surface area contributed by atoms with E-state index in [4.69, 9.17) is 9.47 Å². The van der Waals surface area contributed by atoms with Crippen LogP contribution in [0.15, 0.2) is 53.6 Å². The molecule has 2 atom stereocenters. The van der Waals surface area contributed by atoms with Gasteiger partial charge in [-0.1, -0.05) is 12.2 Å². The van der Waals surface area contributed by atoms with Crippen LogP contribution in [0.1, 0.15) is 12.0 Å². The van der Waals surface area contributed by atoms with E-state index in [2.05, 4.69) is 32.3 Å². The van der Waals surface area contributed by atoms with Gasteiger partial charge in [-0.15, -0.1) is 11.8 Å². The van der Waals surface area contributed by atoms with Gasteiger partial charge in [-0.05, 0) is 49.2 Å². The van der Waals surface area contributed by atoms with Crippen molar-refractivity contribution >= 4 is 52.2 Å². The topological polar surface area (TPSA) is 96.9 Å². The summed E-state index contributed by atoms with van der Waals surface area (Å²) in [6.07, 6.45) is 6.66. The summed E-state index contributed by atoms with van der Waals surface area (Å²) >= 11 is 1.50. The molecule has 9 nitrogen and oxygen atoms in total. The van der Waals surface area contributed by atoms with E-state index in [1.165, 1.54) is 11.8 Å². The maximum atomic E-state index is 12.6. The molecule has 0 radical (unpaired) electrons. The molecular weight excluding hydrogens is 490 g/mol. The van der Waals surface area contributed by atoms with Crippen molar-refractivity contribution in [2.75, 3.05) is 49.3 Å². The second-order valence-corrected chi connectivity index (χ2v) is 10.4. The van der Waals surface area contributed by atoms with Gasteiger partial charge >= 0.3 is 6.09 Å². The lowest BCUT2D eigenvalue weighted by molar-refractivity contribution is -0.113. The summed E-state index contributed by atoms with van der Waals surface area (Å²) in [6.45, 7) is 3.05. The first-order valence-corrected chi connectivity index (χ1v) is 13.3. The Kier molecular flexibility index (Phi) is 6.43. The van der Waals surface area contributed by atoms with Gasteiger partial charge in [0, 0.05) is 41.5 Å². The summed E-state index contributed by atoms with van der Waals surface area (Å²) in [7, 11) is 1.61. The number of hydrogen-bond donors (Lipinski definition) is 1. The van der Waals surface area contributed by atoms with Gasteiger partial charge in [0.25, 0.3) is 0 Å². The van der Waals surface area contributed by atoms with Crippen LogP contribution in [0.5, 0.6) is 5.88 Å². The van der Waals surface area contributed by atoms with Gasteiger partial charge in [-0.3, -0.25) is 19.6 Å². The predicted octanol–water partition coefficient (Wildman–Crippen LogP) is 4.04. The van der Waals surface area contributed by atoms with Gasteiger partial charge in [0.15, 0.2) is 0 Å². The second-order valence-electron chi connectivity index (χ2n) is 9.42. The Balaban J connectivity index is 1.07. The molecule has 0 spiro atoms. The number of amides is 2. The van der Waals surface area contributed by atoms with Crippen molar-refractivity contribution < 1.29 is 19.1 Å². The smallest absolute Gasteiger partial charge is 0.414 e. The highest BCUT2D eigenvalue weighted by molar-refractivity contribution is 8.00. The maximum absolute atomic E-state index is 12.6. The Labute approximate surface area is 218 Å². The van der Waals surface area contributed by atoms with Crippen LogP contribution >= 0.6 is 11.8 Å². The summed E-state index contributed by atoms with van der Waals surface area (Å²) in [5, 5.41) is 2.89. The lowest BCUT2D eigenvalue weighted by atomic mass is 10.1. The van der Waals surface area contributed by atoms with Crippen molar-refractivity contribution in [3.8, 4) is 5.88 Å². The highest BCUT2D eigenvalue weighted by Crippen LogP contribution is 2.35. The predicted molar refractivity (Wildman–Crippen MR) is 143 cm³/mol. The maximum Gasteiger partial charge on any atom is 0.414 e. The molecule has 2 saturated heterocycles. The summed E-state index contributed by atoms with van der Waals surface area (Å²) in [5.74, 6) is 1.36. The summed E-state index contributed by atoms with van der Waals surface area (Å²) in [4.78, 5) is 38.4. The van der Waals surface area contributed by atoms with Crippen LogP contribution in [-0.2, 0) is 9.53 Å². The Bertz CT molecular complexity index is 1400. The van der Waals surface area contributed by atoms with E-state index in [0.717, 1.165) is 52.4 Å². The first-order chi connectivity index (χ1) is 18.1. The van der Waals surface area contributed by atoms with Crippen LogP contribution in [0.25, 0.3) is 17.1 Å². The molecule has 1 N–H and O–H groups in total. The fraction of sp³-hybridized carbons (Fsp3) is 0.333. The standard InChI is InChI=1S/C27H27N5O4S/c1-35-25-7-5-21-26(30-25)18(8-10-28-21)3-2-17-9-11-31(13-17)14-20-15-32(27(34)36-20)19-4-6-23-22(12-19)29-24(33)16-37-23/h2-8,10,12,17,20H,9,11,13-16H2,1H3,(H,29,33)/b3-2+/t17-,20+/m0/s1. The molecule has 37 heavy (non-hydrogen) atoms. The van der Waals surface area contributed by atoms with E-state index in [9.17, 15) is 9.59 Å². The van der Waals surface area contributed by atoms with Crippen molar-refractivity contribution in [1.29, 1.82) is 0 Å². The number of hydrogen-bond acceptors (Lipinski definition) is 8. The number of methoxy groups -OCH3 is 1. The van der Waals surface area contributed by atoms with E-state index in [1.807, 2.05) is 36.4 Å². The molecule has 1 aromatic carbocycles. The lowest BCUT2D eigenvalue weighted by Crippen LogP contribution is -2.33. The number of thioether (sulfide) groups is 1. The number of fused-ring (bicyclic) bond motifs is 2. The zero-order chi connectivity index (χ0) is 25.4. The molecule has 2 fully saturated rings. The van der Waals surface area contributed by atoms with E-state index < -0.39 is 0 Å². The first-order valence-electron chi connectivity index (χ1n) is 12.3. The quantitative estimate of drug-likeness (QED) is 0.523. The monoisotopic (exact) mass is 517 g/mol. The zero-order valence-electron chi connectivity index (χ0n) is 20.4. The largest absolute Gasteiger partial charge is 0.481 e. The number of aromatic nitrogens is 2. The minimum Gasteiger partial charge on any atom is -0.481 e. The van der Waals surface area contributed by atoms with Crippen LogP contribution in [0.3, 0.4) is 0 Å². The van der Waals surface area contributed by atoms with Gasteiger partial charge in [-0.2, -0.15) is 0 Å². The number of anilines is 2. The van der Waals surface area contributed by atoms with E-state index in [-0.39, 0.29) is 18.1 Å². The Morgan fingerprint density at radius 1 is 1.22 bits per heavy atom. The average Bonchev–Trinajstić information content (AvgIpc) is 3.52. The Morgan fingerprint density at radius 3 is 3.03 bits per heavy atom. The number of cyclic esters (lactones) is 1. The fourth-order valence-corrected chi connectivity index (χ4v) is 5.84. The second kappa shape index (κ2) is 10.0. The highest BCUT2D eigenvalue weighted by atomic mass is 32.2. The molecule has 10 heteroatoms. The third-order valence-electron chi connectivity index (χ3n) is 6.90. The number of carbonyl (C=O) groups excluding carboxylic acids is 2. The molecule has 190 valence electrons. The number of likely N-dealkylation sites (tertiary alicyclic amines) is 1. The minimum absolute atomic E-state index is 0.0257. The van der Waals surface area contributed by atoms with Crippen LogP contribution < -0.4 is 15.0 Å². The molecule has 0 saturated carbocycles. The number of nitrogens with zero attached hydrogens (tertiary/aromatic N) is 4. The summed E-state index contributed by atoms with van der Waals surface area (Å²) in [6, 6.07) is 11.4. The van der Waals surface area contributed by atoms with E-state index in [0.29, 0.717) is 30.6 Å². The van der Waals surface area contributed by atoms with Gasteiger partial charge < -0.3 is 14.8 Å². The summed E-state index contributed by atoms with van der Waals surface area (Å²) in [5.41, 5.74) is 4.17. The fourth-order valence-electron chi connectivity index (χ4n) is 5.06. The molecular formula is C27H27N5O4S. The number of benzene rings is 1. The van der Waals surface area contributed by atoms with Gasteiger partial charge in [0.05, 0.1) is 36.1 Å². The molecule has 2 aromatic heterocycles. The Morgan fingerprint density at radius 2 is 2.14 bits per heavy atom. The average molecular weight is 518 g/mol. The van der Waals surface area contributed by atoms with Crippen molar-refractivity contribution in [3.05, 3.63) is 54.2 Å². The van der Waals surface area contributed by atoms with Crippen LogP contribution in [-0.4, -0.2) is 72.0 Å². The van der Waals surface area contributed by atoms with Gasteiger partial charge in [0.2, 0.25) is 11.8 Å². The van der Waals surface area contributed by atoms with Crippen molar-refractivity contribution in [1.82, 2.24) is 14.9 Å². The number of carbonyl (C=O) groups is 2. The van der Waals surface area contributed by atoms with Gasteiger partial charge in [-0.25, -0.2) is 9.78 Å². The first kappa shape index (κ1) is 23.7. The molecule has 0 bridgehead atoms. The molecule has 0 unspecified atom stereocenters. The zero-order valence-corrected chi connectivity index (χ0v) is 21.2. The molecule has 0 aliphatic carbocycles. The normalized spacial score (nSPS) is 21.9. The molecule has 6 rings (SSSR count). The number of pyridine rings is 2. The number of ether oxygens (including phenoxy) is 2. The molecule has 3 aromatic rings. The minimum atomic E-state index is -0.345. The third kappa shape index (κ3) is 4.99. The lowest BCUT2D eigenvalue weighted by Gasteiger charge is -2.20. The van der Waals surface area contributed by atoms with E-state index >= 15 is 0 Å². The molecule has 5 heterocycles. The molecule has 3 aliphatic rings. The third-order valence-corrected chi connectivity index (χ3v) is 7.97. The molecule has 3 aliphatic heterocycles. The highest BCUT2D eigenvalue weighted by Gasteiger charge is 2.35. The van der Waals surface area contributed by atoms with E-state index in [1.54, 1.807) is 18.2 Å². The van der Waals surface area contributed by atoms with Crippen molar-refractivity contribution in [3.63, 3.8) is 0 Å². The van der Waals surface area contributed by atoms with Gasteiger partial charge in [0.1, 0.15) is 6.10 Å². The van der Waals surface area contributed by atoms with Crippen LogP contribution in [0.4, 0.5) is 16.2 Å². The Hall–Kier alpha value is -3.63. The molecule has 2 amide bonds. The van der Waals surface area contributed by atoms with Crippen molar-refractivity contribution in [2.45, 2.75) is 17.4 Å². The van der Waals surface area contributed by atoms with Crippen molar-refractivity contribution in [2.24, 2.45) is 5.92 Å². The summed E-state index contributed by atoms with van der Waals surface area (Å²) < 4.78 is 11.0. The van der Waals surface area contributed by atoms with Crippen LogP contribution in [0, 0.1) is 5.92 Å². The number of nitrogens with one attached hydrogen (secondary N) is 1.